The second-order valence-electron chi connectivity index (χ2n) is 6.54. The van der Waals surface area contributed by atoms with Gasteiger partial charge in [0.25, 0.3) is 0 Å². The van der Waals surface area contributed by atoms with Crippen LogP contribution in [0.5, 0.6) is 0 Å². The molecule has 0 unspecified atom stereocenters. The lowest BCUT2D eigenvalue weighted by Gasteiger charge is -2.11. The number of rotatable bonds is 3. The Kier molecular flexibility index (Phi) is 3.44. The minimum absolute atomic E-state index is 0.0547. The van der Waals surface area contributed by atoms with Crippen LogP contribution in [-0.4, -0.2) is 10.8 Å². The molecule has 0 radical (unpaired) electrons. The summed E-state index contributed by atoms with van der Waals surface area (Å²) < 4.78 is 5.99. The molecule has 5 aromatic rings. The molecule has 3 aromatic carbocycles. The summed E-state index contributed by atoms with van der Waals surface area (Å²) in [6, 6.07) is 23.4. The van der Waals surface area contributed by atoms with Gasteiger partial charge in [-0.2, -0.15) is 0 Å². The molecule has 0 amide bonds. The molecule has 0 aliphatic heterocycles. The number of furan rings is 1. The van der Waals surface area contributed by atoms with Crippen molar-refractivity contribution in [2.45, 2.75) is 6.92 Å². The van der Waals surface area contributed by atoms with Crippen LogP contribution in [0, 0.1) is 0 Å². The van der Waals surface area contributed by atoms with Gasteiger partial charge in [-0.05, 0) is 43.3 Å². The normalized spacial score (nSPS) is 11.3. The zero-order chi connectivity index (χ0) is 18.4. The van der Waals surface area contributed by atoms with Gasteiger partial charge < -0.3 is 9.73 Å². The summed E-state index contributed by atoms with van der Waals surface area (Å²) in [5.74, 6) is 0.0547. The molecular weight excluding hydrogens is 336 g/mol. The molecule has 2 aromatic heterocycles. The third-order valence-electron chi connectivity index (χ3n) is 4.78. The zero-order valence-electron chi connectivity index (χ0n) is 14.7. The number of nitrogens with zero attached hydrogens (tertiary/aromatic N) is 1. The van der Waals surface area contributed by atoms with E-state index >= 15 is 0 Å². The highest BCUT2D eigenvalue weighted by Crippen LogP contribution is 2.39. The maximum absolute atomic E-state index is 11.5. The first-order valence-electron chi connectivity index (χ1n) is 8.79. The summed E-state index contributed by atoms with van der Waals surface area (Å²) in [5, 5.41) is 6.52. The second-order valence-corrected chi connectivity index (χ2v) is 6.54. The van der Waals surface area contributed by atoms with Gasteiger partial charge in [0.1, 0.15) is 5.58 Å². The highest BCUT2D eigenvalue weighted by molar-refractivity contribution is 6.18. The number of anilines is 2. The molecule has 0 saturated heterocycles. The Morgan fingerprint density at radius 3 is 2.37 bits per heavy atom. The van der Waals surface area contributed by atoms with Crippen molar-refractivity contribution in [3.8, 4) is 0 Å². The summed E-state index contributed by atoms with van der Waals surface area (Å²) in [7, 11) is 0. The van der Waals surface area contributed by atoms with E-state index in [-0.39, 0.29) is 5.78 Å². The lowest BCUT2D eigenvalue weighted by Crippen LogP contribution is -1.96. The van der Waals surface area contributed by atoms with Gasteiger partial charge in [-0.25, -0.2) is 4.98 Å². The first-order valence-corrected chi connectivity index (χ1v) is 8.79. The predicted molar refractivity (Wildman–Crippen MR) is 109 cm³/mol. The van der Waals surface area contributed by atoms with Crippen LogP contribution >= 0.6 is 0 Å². The summed E-state index contributed by atoms with van der Waals surface area (Å²) in [4.78, 5) is 16.2. The number of aromatic nitrogens is 1. The maximum Gasteiger partial charge on any atom is 0.230 e. The van der Waals surface area contributed by atoms with E-state index in [9.17, 15) is 4.79 Å². The molecule has 0 saturated carbocycles. The van der Waals surface area contributed by atoms with Crippen molar-refractivity contribution in [2.75, 3.05) is 5.32 Å². The third-order valence-corrected chi connectivity index (χ3v) is 4.78. The van der Waals surface area contributed by atoms with Gasteiger partial charge in [0.15, 0.2) is 5.78 Å². The molecule has 0 bridgehead atoms. The fourth-order valence-electron chi connectivity index (χ4n) is 3.44. The number of Topliss-reactive ketones (excluding diaryl/α,β-unsaturated/α-hetero) is 1. The van der Waals surface area contributed by atoms with Gasteiger partial charge in [-0.1, -0.05) is 36.4 Å². The summed E-state index contributed by atoms with van der Waals surface area (Å²) in [6.45, 7) is 1.57. The quantitative estimate of drug-likeness (QED) is 0.400. The zero-order valence-corrected chi connectivity index (χ0v) is 14.7. The lowest BCUT2D eigenvalue weighted by molar-refractivity contribution is 0.101. The Bertz CT molecular complexity index is 1320. The van der Waals surface area contributed by atoms with E-state index in [0.29, 0.717) is 11.3 Å². The van der Waals surface area contributed by atoms with E-state index in [1.54, 1.807) is 6.92 Å². The van der Waals surface area contributed by atoms with Crippen molar-refractivity contribution < 1.29 is 9.21 Å². The molecule has 4 heteroatoms. The van der Waals surface area contributed by atoms with Gasteiger partial charge in [0.2, 0.25) is 5.71 Å². The summed E-state index contributed by atoms with van der Waals surface area (Å²) in [5.41, 5.74) is 4.84. The number of nitrogens with one attached hydrogen (secondary N) is 1. The monoisotopic (exact) mass is 352 g/mol. The van der Waals surface area contributed by atoms with Crippen LogP contribution in [0.15, 0.2) is 77.2 Å². The molecule has 4 nitrogen and oxygen atoms in total. The number of para-hydroxylation sites is 2. The predicted octanol–water partition coefficient (Wildman–Crippen LogP) is 6.08. The van der Waals surface area contributed by atoms with E-state index < -0.39 is 0 Å². The fraction of sp³-hybridized carbons (Fsp3) is 0.0435. The Hall–Kier alpha value is -3.66. The first-order chi connectivity index (χ1) is 13.2. The first kappa shape index (κ1) is 15.6. The van der Waals surface area contributed by atoms with Gasteiger partial charge in [0.05, 0.1) is 16.6 Å². The number of fused-ring (bicyclic) bond motifs is 4. The van der Waals surface area contributed by atoms with Crippen molar-refractivity contribution in [1.82, 2.24) is 4.98 Å². The Morgan fingerprint density at radius 2 is 1.59 bits per heavy atom. The molecular formula is C23H16N2O2. The van der Waals surface area contributed by atoms with E-state index in [4.69, 9.17) is 9.40 Å². The second kappa shape index (κ2) is 5.95. The fourth-order valence-corrected chi connectivity index (χ4v) is 3.44. The number of hydrogen-bond acceptors (Lipinski definition) is 4. The Balaban J connectivity index is 1.78. The summed E-state index contributed by atoms with van der Waals surface area (Å²) >= 11 is 0. The molecule has 2 heterocycles. The van der Waals surface area contributed by atoms with Gasteiger partial charge in [0, 0.05) is 22.0 Å². The highest BCUT2D eigenvalue weighted by Gasteiger charge is 2.16. The average Bonchev–Trinajstić information content (AvgIpc) is 3.06. The SMILES string of the molecule is CC(=O)c1ccc(Nc2c3ccccc3nc3oc4ccccc4c23)cc1. The lowest BCUT2D eigenvalue weighted by atomic mass is 10.1. The average molecular weight is 352 g/mol. The van der Waals surface area contributed by atoms with Crippen LogP contribution < -0.4 is 5.32 Å². The number of pyridine rings is 1. The standard InChI is InChI=1S/C23H16N2O2/c1-14(26)15-10-12-16(13-11-15)24-22-17-6-2-4-8-19(17)25-23-21(22)18-7-3-5-9-20(18)27-23/h2-13H,1H3,(H,24,25). The van der Waals surface area contributed by atoms with Crippen LogP contribution in [0.1, 0.15) is 17.3 Å². The van der Waals surface area contributed by atoms with E-state index in [1.165, 1.54) is 0 Å². The van der Waals surface area contributed by atoms with Crippen LogP contribution in [0.2, 0.25) is 0 Å². The minimum atomic E-state index is 0.0547. The molecule has 0 fully saturated rings. The molecule has 27 heavy (non-hydrogen) atoms. The van der Waals surface area contributed by atoms with Gasteiger partial charge in [-0.3, -0.25) is 4.79 Å². The van der Waals surface area contributed by atoms with Crippen molar-refractivity contribution >= 4 is 50.1 Å². The topological polar surface area (TPSA) is 55.1 Å². The van der Waals surface area contributed by atoms with Crippen LogP contribution in [0.25, 0.3) is 33.0 Å². The molecule has 0 aliphatic carbocycles. The molecule has 0 atom stereocenters. The van der Waals surface area contributed by atoms with E-state index in [0.717, 1.165) is 38.6 Å². The number of carbonyl (C=O) groups excluding carboxylic acids is 1. The molecule has 130 valence electrons. The maximum atomic E-state index is 11.5. The molecule has 0 spiro atoms. The van der Waals surface area contributed by atoms with Gasteiger partial charge >= 0.3 is 0 Å². The van der Waals surface area contributed by atoms with Crippen LogP contribution in [0.3, 0.4) is 0 Å². The van der Waals surface area contributed by atoms with Crippen molar-refractivity contribution in [1.29, 1.82) is 0 Å². The number of carbonyl (C=O) groups is 1. The Labute approximate surface area is 155 Å². The van der Waals surface area contributed by atoms with Crippen molar-refractivity contribution in [2.24, 2.45) is 0 Å². The minimum Gasteiger partial charge on any atom is -0.438 e. The van der Waals surface area contributed by atoms with E-state index in [1.807, 2.05) is 66.7 Å². The number of benzene rings is 3. The number of hydrogen-bond donors (Lipinski definition) is 1. The van der Waals surface area contributed by atoms with E-state index in [2.05, 4.69) is 11.4 Å². The van der Waals surface area contributed by atoms with Crippen LogP contribution in [-0.2, 0) is 0 Å². The number of ketones is 1. The van der Waals surface area contributed by atoms with Crippen LogP contribution in [0.4, 0.5) is 11.4 Å². The van der Waals surface area contributed by atoms with Crippen molar-refractivity contribution in [3.05, 3.63) is 78.4 Å². The third kappa shape index (κ3) is 2.54. The Morgan fingerprint density at radius 1 is 0.889 bits per heavy atom. The highest BCUT2D eigenvalue weighted by atomic mass is 16.3. The smallest absolute Gasteiger partial charge is 0.230 e. The summed E-state index contributed by atoms with van der Waals surface area (Å²) in [6.07, 6.45) is 0. The molecule has 0 aliphatic rings. The van der Waals surface area contributed by atoms with Gasteiger partial charge in [-0.15, -0.1) is 0 Å². The molecule has 1 N–H and O–H groups in total. The van der Waals surface area contributed by atoms with Crippen molar-refractivity contribution in [3.63, 3.8) is 0 Å². The molecule has 5 rings (SSSR count). The largest absolute Gasteiger partial charge is 0.438 e.